The van der Waals surface area contributed by atoms with E-state index in [0.29, 0.717) is 29.4 Å². The maximum atomic E-state index is 12.6. The van der Waals surface area contributed by atoms with Gasteiger partial charge in [-0.3, -0.25) is 9.59 Å². The SMILES string of the molecule is CCOc1ccccc1NC(=O)c1nnn(CC(=O)Nc2ccccc2Br)c1C. The summed E-state index contributed by atoms with van der Waals surface area (Å²) in [5.74, 6) is -0.133. The average Bonchev–Trinajstić information content (AvgIpc) is 3.06. The van der Waals surface area contributed by atoms with Gasteiger partial charge in [-0.25, -0.2) is 4.68 Å². The number of nitrogens with one attached hydrogen (secondary N) is 2. The number of carbonyl (C=O) groups is 2. The third-order valence-corrected chi connectivity index (χ3v) is 4.77. The molecule has 2 aromatic carbocycles. The number of hydrogen-bond donors (Lipinski definition) is 2. The van der Waals surface area contributed by atoms with E-state index in [4.69, 9.17) is 4.74 Å². The summed E-state index contributed by atoms with van der Waals surface area (Å²) in [6.45, 7) is 3.97. The van der Waals surface area contributed by atoms with Crippen molar-refractivity contribution in [1.29, 1.82) is 0 Å². The van der Waals surface area contributed by atoms with Crippen molar-refractivity contribution in [3.8, 4) is 5.75 Å². The van der Waals surface area contributed by atoms with Crippen molar-refractivity contribution in [2.75, 3.05) is 17.2 Å². The van der Waals surface area contributed by atoms with Crippen molar-refractivity contribution in [2.24, 2.45) is 0 Å². The topological polar surface area (TPSA) is 98.1 Å². The molecular formula is C20H20BrN5O3. The van der Waals surface area contributed by atoms with Gasteiger partial charge in [0.1, 0.15) is 12.3 Å². The predicted molar refractivity (Wildman–Crippen MR) is 113 cm³/mol. The first-order valence-electron chi connectivity index (χ1n) is 8.97. The summed E-state index contributed by atoms with van der Waals surface area (Å²) in [5.41, 5.74) is 1.82. The largest absolute Gasteiger partial charge is 0.492 e. The molecule has 0 spiro atoms. The zero-order valence-electron chi connectivity index (χ0n) is 16.0. The lowest BCUT2D eigenvalue weighted by Crippen LogP contribution is -2.21. The number of carbonyl (C=O) groups excluding carboxylic acids is 2. The van der Waals surface area contributed by atoms with Crippen molar-refractivity contribution in [3.63, 3.8) is 0 Å². The van der Waals surface area contributed by atoms with Gasteiger partial charge < -0.3 is 15.4 Å². The van der Waals surface area contributed by atoms with Gasteiger partial charge in [0, 0.05) is 4.47 Å². The van der Waals surface area contributed by atoms with Gasteiger partial charge >= 0.3 is 0 Å². The van der Waals surface area contributed by atoms with E-state index in [2.05, 4.69) is 36.9 Å². The Morgan fingerprint density at radius 1 is 1.07 bits per heavy atom. The Kier molecular flexibility index (Phi) is 6.61. The van der Waals surface area contributed by atoms with E-state index in [1.165, 1.54) is 4.68 Å². The van der Waals surface area contributed by atoms with Gasteiger partial charge in [-0.2, -0.15) is 0 Å². The predicted octanol–water partition coefficient (Wildman–Crippen LogP) is 3.64. The van der Waals surface area contributed by atoms with Crippen LogP contribution in [0.15, 0.2) is 53.0 Å². The van der Waals surface area contributed by atoms with E-state index < -0.39 is 5.91 Å². The molecule has 0 bridgehead atoms. The van der Waals surface area contributed by atoms with Crippen molar-refractivity contribution < 1.29 is 14.3 Å². The number of hydrogen-bond acceptors (Lipinski definition) is 5. The van der Waals surface area contributed by atoms with Gasteiger partial charge in [0.15, 0.2) is 5.69 Å². The Balaban J connectivity index is 1.70. The highest BCUT2D eigenvalue weighted by atomic mass is 79.9. The Hall–Kier alpha value is -3.20. The summed E-state index contributed by atoms with van der Waals surface area (Å²) < 4.78 is 7.67. The Morgan fingerprint density at radius 2 is 1.76 bits per heavy atom. The zero-order chi connectivity index (χ0) is 20.8. The zero-order valence-corrected chi connectivity index (χ0v) is 17.6. The van der Waals surface area contributed by atoms with E-state index in [-0.39, 0.29) is 18.1 Å². The van der Waals surface area contributed by atoms with Crippen LogP contribution in [0.5, 0.6) is 5.75 Å². The van der Waals surface area contributed by atoms with Crippen LogP contribution >= 0.6 is 15.9 Å². The van der Waals surface area contributed by atoms with Gasteiger partial charge in [-0.15, -0.1) is 5.10 Å². The second-order valence-corrected chi connectivity index (χ2v) is 6.95. The molecule has 0 aliphatic rings. The fraction of sp³-hybridized carbons (Fsp3) is 0.200. The number of benzene rings is 2. The van der Waals surface area contributed by atoms with Crippen LogP contribution < -0.4 is 15.4 Å². The number of anilines is 2. The van der Waals surface area contributed by atoms with E-state index in [9.17, 15) is 9.59 Å². The molecule has 2 N–H and O–H groups in total. The molecule has 0 aliphatic carbocycles. The van der Waals surface area contributed by atoms with Crippen LogP contribution in [0.3, 0.4) is 0 Å². The third kappa shape index (κ3) is 5.00. The van der Waals surface area contributed by atoms with Crippen LogP contribution in [0.4, 0.5) is 11.4 Å². The number of ether oxygens (including phenoxy) is 1. The first-order valence-corrected chi connectivity index (χ1v) is 9.76. The fourth-order valence-corrected chi connectivity index (χ4v) is 3.03. The Bertz CT molecular complexity index is 1030. The van der Waals surface area contributed by atoms with Crippen molar-refractivity contribution in [2.45, 2.75) is 20.4 Å². The lowest BCUT2D eigenvalue weighted by molar-refractivity contribution is -0.117. The molecule has 0 atom stereocenters. The van der Waals surface area contributed by atoms with Crippen LogP contribution in [0, 0.1) is 6.92 Å². The molecule has 29 heavy (non-hydrogen) atoms. The minimum absolute atomic E-state index is 0.0665. The van der Waals surface area contributed by atoms with Crippen molar-refractivity contribution in [1.82, 2.24) is 15.0 Å². The number of amides is 2. The Labute approximate surface area is 176 Å². The molecule has 0 fully saturated rings. The molecule has 0 saturated heterocycles. The molecule has 8 nitrogen and oxygen atoms in total. The minimum atomic E-state index is -0.424. The van der Waals surface area contributed by atoms with Crippen LogP contribution in [0.1, 0.15) is 23.1 Å². The number of halogens is 1. The fourth-order valence-electron chi connectivity index (χ4n) is 2.64. The molecule has 2 amide bonds. The summed E-state index contributed by atoms with van der Waals surface area (Å²) in [5, 5.41) is 13.5. The summed E-state index contributed by atoms with van der Waals surface area (Å²) >= 11 is 3.38. The summed E-state index contributed by atoms with van der Waals surface area (Å²) in [6, 6.07) is 14.4. The molecular weight excluding hydrogens is 438 g/mol. The van der Waals surface area contributed by atoms with Gasteiger partial charge in [0.05, 0.1) is 23.7 Å². The summed E-state index contributed by atoms with van der Waals surface area (Å²) in [4.78, 5) is 25.0. The number of para-hydroxylation sites is 3. The normalized spacial score (nSPS) is 10.4. The smallest absolute Gasteiger partial charge is 0.278 e. The van der Waals surface area contributed by atoms with Gasteiger partial charge in [-0.1, -0.05) is 29.5 Å². The standard InChI is InChI=1S/C20H20BrN5O3/c1-3-29-17-11-7-6-10-16(17)23-20(28)19-13(2)26(25-24-19)12-18(27)22-15-9-5-4-8-14(15)21/h4-11H,3,12H2,1-2H3,(H,22,27)(H,23,28). The molecule has 0 radical (unpaired) electrons. The first-order chi connectivity index (χ1) is 14.0. The molecule has 150 valence electrons. The lowest BCUT2D eigenvalue weighted by Gasteiger charge is -2.10. The average molecular weight is 458 g/mol. The van der Waals surface area contributed by atoms with Crippen LogP contribution in [-0.2, 0) is 11.3 Å². The van der Waals surface area contributed by atoms with Gasteiger partial charge in [-0.05, 0) is 54.0 Å². The van der Waals surface area contributed by atoms with E-state index >= 15 is 0 Å². The molecule has 3 rings (SSSR count). The molecule has 9 heteroatoms. The van der Waals surface area contributed by atoms with E-state index in [1.54, 1.807) is 31.2 Å². The van der Waals surface area contributed by atoms with Crippen molar-refractivity contribution >= 4 is 39.1 Å². The van der Waals surface area contributed by atoms with Crippen LogP contribution in [0.2, 0.25) is 0 Å². The maximum absolute atomic E-state index is 12.6. The molecule has 0 aliphatic heterocycles. The quantitative estimate of drug-likeness (QED) is 0.564. The molecule has 1 heterocycles. The van der Waals surface area contributed by atoms with Crippen LogP contribution in [0.25, 0.3) is 0 Å². The second kappa shape index (κ2) is 9.33. The number of nitrogens with zero attached hydrogens (tertiary/aromatic N) is 3. The highest BCUT2D eigenvalue weighted by Crippen LogP contribution is 2.24. The first kappa shape index (κ1) is 20.5. The van der Waals surface area contributed by atoms with E-state index in [0.717, 1.165) is 4.47 Å². The minimum Gasteiger partial charge on any atom is -0.492 e. The monoisotopic (exact) mass is 457 g/mol. The summed E-state index contributed by atoms with van der Waals surface area (Å²) in [6.07, 6.45) is 0. The van der Waals surface area contributed by atoms with Gasteiger partial charge in [0.2, 0.25) is 5.91 Å². The molecule has 3 aromatic rings. The van der Waals surface area contributed by atoms with E-state index in [1.807, 2.05) is 31.2 Å². The number of rotatable bonds is 7. The Morgan fingerprint density at radius 3 is 2.48 bits per heavy atom. The van der Waals surface area contributed by atoms with Crippen LogP contribution in [-0.4, -0.2) is 33.4 Å². The number of aromatic nitrogens is 3. The molecule has 0 saturated carbocycles. The maximum Gasteiger partial charge on any atom is 0.278 e. The lowest BCUT2D eigenvalue weighted by atomic mass is 10.2. The second-order valence-electron chi connectivity index (χ2n) is 6.09. The summed E-state index contributed by atoms with van der Waals surface area (Å²) in [7, 11) is 0. The molecule has 0 unspecified atom stereocenters. The van der Waals surface area contributed by atoms with Crippen molar-refractivity contribution in [3.05, 3.63) is 64.4 Å². The third-order valence-electron chi connectivity index (χ3n) is 4.07. The molecule has 1 aromatic heterocycles. The highest BCUT2D eigenvalue weighted by molar-refractivity contribution is 9.10. The highest BCUT2D eigenvalue weighted by Gasteiger charge is 2.19. The van der Waals surface area contributed by atoms with Gasteiger partial charge in [0.25, 0.3) is 5.91 Å².